The van der Waals surface area contributed by atoms with Crippen LogP contribution in [0.5, 0.6) is 0 Å². The number of Topliss-reactive ketones (excluding diaryl/α,β-unsaturated/α-hetero) is 1. The summed E-state index contributed by atoms with van der Waals surface area (Å²) < 4.78 is 26.8. The number of hydrogen-bond donors (Lipinski definition) is 1. The molecule has 104 valence electrons. The summed E-state index contributed by atoms with van der Waals surface area (Å²) in [6, 6.07) is 9.28. The number of nitrogens with zero attached hydrogens (tertiary/aromatic N) is 1. The molecule has 0 saturated carbocycles. The summed E-state index contributed by atoms with van der Waals surface area (Å²) in [5, 5.41) is 0. The van der Waals surface area contributed by atoms with Crippen molar-refractivity contribution in [3.8, 4) is 0 Å². The van der Waals surface area contributed by atoms with Crippen molar-refractivity contribution in [3.63, 3.8) is 0 Å². The van der Waals surface area contributed by atoms with Gasteiger partial charge in [0.1, 0.15) is 5.82 Å². The first-order chi connectivity index (χ1) is 9.40. The fraction of sp³-hybridized carbons (Fsp3) is 0.143. The van der Waals surface area contributed by atoms with Gasteiger partial charge in [-0.25, -0.2) is 13.4 Å². The lowest BCUT2D eigenvalue weighted by atomic mass is 10.2. The van der Waals surface area contributed by atoms with E-state index < -0.39 is 10.0 Å². The van der Waals surface area contributed by atoms with E-state index in [2.05, 4.69) is 9.71 Å². The van der Waals surface area contributed by atoms with Gasteiger partial charge in [0.15, 0.2) is 5.78 Å². The Morgan fingerprint density at radius 1 is 1.15 bits per heavy atom. The third-order valence-electron chi connectivity index (χ3n) is 2.81. The largest absolute Gasteiger partial charge is 0.295 e. The molecule has 0 aliphatic rings. The van der Waals surface area contributed by atoms with E-state index in [1.54, 1.807) is 19.1 Å². The highest BCUT2D eigenvalue weighted by Gasteiger charge is 2.16. The van der Waals surface area contributed by atoms with Crippen LogP contribution in [0.15, 0.2) is 47.5 Å². The number of anilines is 1. The highest BCUT2D eigenvalue weighted by atomic mass is 32.2. The minimum atomic E-state index is -3.70. The first kappa shape index (κ1) is 14.2. The summed E-state index contributed by atoms with van der Waals surface area (Å²) in [5.41, 5.74) is 1.20. The molecule has 0 radical (unpaired) electrons. The Balaban J connectivity index is 2.31. The van der Waals surface area contributed by atoms with E-state index in [1.807, 2.05) is 0 Å². The molecule has 0 amide bonds. The number of carbonyl (C=O) groups excluding carboxylic acids is 1. The second-order valence-corrected chi connectivity index (χ2v) is 6.04. The molecular weight excluding hydrogens is 276 g/mol. The molecule has 1 aromatic heterocycles. The third kappa shape index (κ3) is 3.03. The fourth-order valence-corrected chi connectivity index (χ4v) is 2.73. The van der Waals surface area contributed by atoms with Crippen LogP contribution >= 0.6 is 0 Å². The van der Waals surface area contributed by atoms with Gasteiger partial charge in [0.25, 0.3) is 10.0 Å². The van der Waals surface area contributed by atoms with Crippen molar-refractivity contribution in [2.24, 2.45) is 0 Å². The van der Waals surface area contributed by atoms with Crippen molar-refractivity contribution in [3.05, 3.63) is 53.7 Å². The minimum absolute atomic E-state index is 0.0903. The van der Waals surface area contributed by atoms with Crippen LogP contribution in [0.2, 0.25) is 0 Å². The van der Waals surface area contributed by atoms with Gasteiger partial charge in [-0.3, -0.25) is 9.52 Å². The van der Waals surface area contributed by atoms with Crippen molar-refractivity contribution in [2.75, 3.05) is 4.72 Å². The van der Waals surface area contributed by atoms with E-state index in [9.17, 15) is 13.2 Å². The number of hydrogen-bond acceptors (Lipinski definition) is 4. The summed E-state index contributed by atoms with van der Waals surface area (Å²) in [6.07, 6.45) is 1.52. The van der Waals surface area contributed by atoms with Gasteiger partial charge in [-0.2, -0.15) is 0 Å². The van der Waals surface area contributed by atoms with Crippen molar-refractivity contribution >= 4 is 21.6 Å². The zero-order valence-electron chi connectivity index (χ0n) is 11.1. The number of sulfonamides is 1. The predicted octanol–water partition coefficient (Wildman–Crippen LogP) is 2.39. The smallest absolute Gasteiger partial charge is 0.263 e. The average molecular weight is 290 g/mol. The summed E-state index contributed by atoms with van der Waals surface area (Å²) in [7, 11) is -3.70. The molecule has 1 aromatic carbocycles. The van der Waals surface area contributed by atoms with E-state index in [1.165, 1.54) is 37.4 Å². The second kappa shape index (κ2) is 5.42. The topological polar surface area (TPSA) is 76.1 Å². The van der Waals surface area contributed by atoms with Crippen LogP contribution < -0.4 is 4.72 Å². The molecule has 1 heterocycles. The molecule has 6 heteroatoms. The molecule has 0 aliphatic heterocycles. The Bertz CT molecular complexity index is 737. The summed E-state index contributed by atoms with van der Waals surface area (Å²) in [5.74, 6) is 0.186. The van der Waals surface area contributed by atoms with E-state index in [-0.39, 0.29) is 10.7 Å². The van der Waals surface area contributed by atoms with Crippen molar-refractivity contribution < 1.29 is 13.2 Å². The van der Waals surface area contributed by atoms with Crippen LogP contribution in [0.3, 0.4) is 0 Å². The lowest BCUT2D eigenvalue weighted by Crippen LogP contribution is -2.14. The van der Waals surface area contributed by atoms with Crippen LogP contribution in [-0.4, -0.2) is 19.2 Å². The molecule has 20 heavy (non-hydrogen) atoms. The summed E-state index contributed by atoms with van der Waals surface area (Å²) in [6.45, 7) is 3.20. The maximum absolute atomic E-state index is 12.2. The fourth-order valence-electron chi connectivity index (χ4n) is 1.65. The SMILES string of the molecule is CC(=O)c1ccc(S(=O)(=O)Nc2ncccc2C)cc1. The van der Waals surface area contributed by atoms with Crippen molar-refractivity contribution in [2.45, 2.75) is 18.7 Å². The Hall–Kier alpha value is -2.21. The number of ketones is 1. The van der Waals surface area contributed by atoms with Gasteiger partial charge < -0.3 is 0 Å². The molecule has 0 spiro atoms. The van der Waals surface area contributed by atoms with Gasteiger partial charge >= 0.3 is 0 Å². The summed E-state index contributed by atoms with van der Waals surface area (Å²) >= 11 is 0. The van der Waals surface area contributed by atoms with Crippen LogP contribution in [0.25, 0.3) is 0 Å². The van der Waals surface area contributed by atoms with E-state index in [0.717, 1.165) is 5.56 Å². The first-order valence-electron chi connectivity index (χ1n) is 5.95. The van der Waals surface area contributed by atoms with Crippen LogP contribution in [0, 0.1) is 6.92 Å². The molecule has 0 unspecified atom stereocenters. The molecule has 2 rings (SSSR count). The van der Waals surface area contributed by atoms with Gasteiger partial charge in [-0.1, -0.05) is 18.2 Å². The highest BCUT2D eigenvalue weighted by Crippen LogP contribution is 2.17. The molecule has 0 atom stereocenters. The molecule has 2 aromatic rings. The Morgan fingerprint density at radius 3 is 2.35 bits per heavy atom. The maximum atomic E-state index is 12.2. The van der Waals surface area contributed by atoms with Crippen LogP contribution in [0.4, 0.5) is 5.82 Å². The number of nitrogens with one attached hydrogen (secondary N) is 1. The number of aryl methyl sites for hydroxylation is 1. The molecule has 0 aliphatic carbocycles. The minimum Gasteiger partial charge on any atom is -0.295 e. The monoisotopic (exact) mass is 290 g/mol. The molecular formula is C14H14N2O3S. The molecule has 0 bridgehead atoms. The standard InChI is InChI=1S/C14H14N2O3S/c1-10-4-3-9-15-14(10)16-20(18,19)13-7-5-12(6-8-13)11(2)17/h3-9H,1-2H3,(H,15,16). The average Bonchev–Trinajstić information content (AvgIpc) is 2.41. The lowest BCUT2D eigenvalue weighted by molar-refractivity contribution is 0.101. The first-order valence-corrected chi connectivity index (χ1v) is 7.44. The Morgan fingerprint density at radius 2 is 1.80 bits per heavy atom. The number of pyridine rings is 1. The quantitative estimate of drug-likeness (QED) is 0.877. The van der Waals surface area contributed by atoms with Gasteiger partial charge in [0, 0.05) is 11.8 Å². The van der Waals surface area contributed by atoms with Crippen molar-refractivity contribution in [1.82, 2.24) is 4.98 Å². The van der Waals surface area contributed by atoms with Crippen LogP contribution in [-0.2, 0) is 10.0 Å². The second-order valence-electron chi connectivity index (χ2n) is 4.35. The van der Waals surface area contributed by atoms with E-state index in [0.29, 0.717) is 11.4 Å². The van der Waals surface area contributed by atoms with Crippen LogP contribution in [0.1, 0.15) is 22.8 Å². The van der Waals surface area contributed by atoms with Crippen molar-refractivity contribution in [1.29, 1.82) is 0 Å². The van der Waals surface area contributed by atoms with E-state index >= 15 is 0 Å². The van der Waals surface area contributed by atoms with Gasteiger partial charge in [0.05, 0.1) is 4.90 Å². The maximum Gasteiger partial charge on any atom is 0.263 e. The number of rotatable bonds is 4. The molecule has 0 fully saturated rings. The predicted molar refractivity (Wildman–Crippen MR) is 76.2 cm³/mol. The Kier molecular flexibility index (Phi) is 3.85. The zero-order valence-corrected chi connectivity index (χ0v) is 11.9. The number of benzene rings is 1. The van der Waals surface area contributed by atoms with Gasteiger partial charge in [-0.05, 0) is 37.6 Å². The highest BCUT2D eigenvalue weighted by molar-refractivity contribution is 7.92. The molecule has 5 nitrogen and oxygen atoms in total. The van der Waals surface area contributed by atoms with E-state index in [4.69, 9.17) is 0 Å². The molecule has 1 N–H and O–H groups in total. The Labute approximate surface area is 117 Å². The van der Waals surface area contributed by atoms with Gasteiger partial charge in [-0.15, -0.1) is 0 Å². The number of carbonyl (C=O) groups is 1. The number of aromatic nitrogens is 1. The zero-order chi connectivity index (χ0) is 14.8. The lowest BCUT2D eigenvalue weighted by Gasteiger charge is -2.09. The molecule has 0 saturated heterocycles. The van der Waals surface area contributed by atoms with Gasteiger partial charge in [0.2, 0.25) is 0 Å². The normalized spacial score (nSPS) is 11.1. The third-order valence-corrected chi connectivity index (χ3v) is 4.17. The summed E-state index contributed by atoms with van der Waals surface area (Å²) in [4.78, 5) is 15.2.